The molecule has 1 aromatic carbocycles. The van der Waals surface area contributed by atoms with E-state index in [0.29, 0.717) is 0 Å². The number of hydrogen-bond donors (Lipinski definition) is 0. The van der Waals surface area contributed by atoms with Crippen molar-refractivity contribution in [3.05, 3.63) is 55.1 Å². The zero-order chi connectivity index (χ0) is 11.8. The van der Waals surface area contributed by atoms with Crippen LogP contribution in [0, 0.1) is 2.88 Å². The van der Waals surface area contributed by atoms with E-state index in [0.717, 1.165) is 19.4 Å². The molecule has 0 bridgehead atoms. The van der Waals surface area contributed by atoms with Gasteiger partial charge in [-0.3, -0.25) is 4.79 Å². The van der Waals surface area contributed by atoms with Gasteiger partial charge in [-0.15, -0.1) is 22.7 Å². The van der Waals surface area contributed by atoms with Crippen LogP contribution >= 0.6 is 45.3 Å². The Morgan fingerprint density at radius 1 is 1.12 bits per heavy atom. The van der Waals surface area contributed by atoms with Crippen molar-refractivity contribution in [3.63, 3.8) is 0 Å². The van der Waals surface area contributed by atoms with Gasteiger partial charge in [0, 0.05) is 32.0 Å². The van der Waals surface area contributed by atoms with Crippen LogP contribution in [0.15, 0.2) is 41.1 Å². The molecule has 0 saturated heterocycles. The Morgan fingerprint density at radius 3 is 2.71 bits per heavy atom. The normalized spacial score (nSPS) is 10.9. The molecule has 3 aromatic rings. The van der Waals surface area contributed by atoms with Crippen molar-refractivity contribution in [1.82, 2.24) is 0 Å². The summed E-state index contributed by atoms with van der Waals surface area (Å²) in [5.41, 5.74) is 1.61. The number of benzene rings is 1. The number of ketones is 1. The third-order valence-corrected chi connectivity index (χ3v) is 5.31. The molecule has 0 radical (unpaired) electrons. The highest BCUT2D eigenvalue weighted by atomic mass is 127. The van der Waals surface area contributed by atoms with E-state index in [1.807, 2.05) is 41.1 Å². The molecule has 0 fully saturated rings. The molecule has 0 N–H and O–H groups in total. The molecule has 84 valence electrons. The standard InChI is InChI=1S/C13H7IOS2/c14-12-5-8(6-17-12)13(15)10-7-16-11-4-2-1-3-9(10)11/h1-7H. The summed E-state index contributed by atoms with van der Waals surface area (Å²) in [5, 5.41) is 4.94. The fourth-order valence-corrected chi connectivity index (χ4v) is 4.01. The minimum Gasteiger partial charge on any atom is -0.289 e. The van der Waals surface area contributed by atoms with E-state index < -0.39 is 0 Å². The quantitative estimate of drug-likeness (QED) is 0.468. The van der Waals surface area contributed by atoms with Crippen molar-refractivity contribution in [3.8, 4) is 0 Å². The van der Waals surface area contributed by atoms with Crippen LogP contribution in [0.5, 0.6) is 0 Å². The van der Waals surface area contributed by atoms with Gasteiger partial charge in [0.1, 0.15) is 0 Å². The topological polar surface area (TPSA) is 17.1 Å². The highest BCUT2D eigenvalue weighted by molar-refractivity contribution is 14.1. The molecule has 0 aliphatic carbocycles. The lowest BCUT2D eigenvalue weighted by molar-refractivity contribution is 0.104. The fraction of sp³-hybridized carbons (Fsp3) is 0. The Hall–Kier alpha value is -0.720. The fourth-order valence-electron chi connectivity index (χ4n) is 1.74. The van der Waals surface area contributed by atoms with Crippen LogP contribution in [0.3, 0.4) is 0 Å². The van der Waals surface area contributed by atoms with Crippen LogP contribution in [0.25, 0.3) is 10.1 Å². The number of hydrogen-bond acceptors (Lipinski definition) is 3. The van der Waals surface area contributed by atoms with E-state index in [4.69, 9.17) is 0 Å². The molecule has 0 spiro atoms. The molecular formula is C13H7IOS2. The van der Waals surface area contributed by atoms with Gasteiger partial charge >= 0.3 is 0 Å². The second-order valence-corrected chi connectivity index (χ2v) is 7.33. The number of halogens is 1. The summed E-state index contributed by atoms with van der Waals surface area (Å²) < 4.78 is 2.31. The van der Waals surface area contributed by atoms with Gasteiger partial charge in [0.2, 0.25) is 0 Å². The molecule has 0 aliphatic rings. The van der Waals surface area contributed by atoms with Crippen LogP contribution in [0.1, 0.15) is 15.9 Å². The lowest BCUT2D eigenvalue weighted by atomic mass is 10.1. The second kappa shape index (κ2) is 4.51. The predicted octanol–water partition coefficient (Wildman–Crippen LogP) is 4.80. The predicted molar refractivity (Wildman–Crippen MR) is 82.3 cm³/mol. The van der Waals surface area contributed by atoms with Crippen LogP contribution in [-0.4, -0.2) is 5.78 Å². The molecule has 4 heteroatoms. The lowest BCUT2D eigenvalue weighted by Crippen LogP contribution is -1.97. The van der Waals surface area contributed by atoms with Crippen LogP contribution in [0.4, 0.5) is 0 Å². The zero-order valence-electron chi connectivity index (χ0n) is 8.64. The smallest absolute Gasteiger partial charge is 0.195 e. The average molecular weight is 370 g/mol. The Kier molecular flexibility index (Phi) is 3.02. The highest BCUT2D eigenvalue weighted by Gasteiger charge is 2.15. The Labute approximate surface area is 120 Å². The first-order valence-electron chi connectivity index (χ1n) is 5.00. The second-order valence-electron chi connectivity index (χ2n) is 3.61. The van der Waals surface area contributed by atoms with Gasteiger partial charge in [0.25, 0.3) is 0 Å². The summed E-state index contributed by atoms with van der Waals surface area (Å²) in [4.78, 5) is 12.3. The van der Waals surface area contributed by atoms with Gasteiger partial charge in [0.15, 0.2) is 5.78 Å². The molecular weight excluding hydrogens is 363 g/mol. The van der Waals surface area contributed by atoms with E-state index in [-0.39, 0.29) is 5.78 Å². The van der Waals surface area contributed by atoms with Crippen molar-refractivity contribution in [2.45, 2.75) is 0 Å². The molecule has 0 aliphatic heterocycles. The number of rotatable bonds is 2. The van der Waals surface area contributed by atoms with Gasteiger partial charge in [-0.05, 0) is 34.7 Å². The van der Waals surface area contributed by atoms with Crippen molar-refractivity contribution in [2.24, 2.45) is 0 Å². The third-order valence-electron chi connectivity index (χ3n) is 2.56. The summed E-state index contributed by atoms with van der Waals surface area (Å²) in [6.07, 6.45) is 0. The third kappa shape index (κ3) is 2.05. The van der Waals surface area contributed by atoms with Gasteiger partial charge in [0.05, 0.1) is 2.88 Å². The molecule has 2 aromatic heterocycles. The van der Waals surface area contributed by atoms with Crippen LogP contribution in [-0.2, 0) is 0 Å². The van der Waals surface area contributed by atoms with Crippen molar-refractivity contribution < 1.29 is 4.79 Å². The molecule has 0 saturated carbocycles. The number of fused-ring (bicyclic) bond motifs is 1. The number of carbonyl (C=O) groups excluding carboxylic acids is 1. The molecule has 0 atom stereocenters. The maximum absolute atomic E-state index is 12.3. The first-order chi connectivity index (χ1) is 8.25. The van der Waals surface area contributed by atoms with E-state index in [2.05, 4.69) is 22.6 Å². The van der Waals surface area contributed by atoms with Crippen molar-refractivity contribution in [2.75, 3.05) is 0 Å². The summed E-state index contributed by atoms with van der Waals surface area (Å²) in [6, 6.07) is 9.98. The monoisotopic (exact) mass is 370 g/mol. The Morgan fingerprint density at radius 2 is 1.94 bits per heavy atom. The lowest BCUT2D eigenvalue weighted by Gasteiger charge is -1.95. The van der Waals surface area contributed by atoms with Gasteiger partial charge in [-0.2, -0.15) is 0 Å². The SMILES string of the molecule is O=C(c1csc(I)c1)c1csc2ccccc12. The largest absolute Gasteiger partial charge is 0.289 e. The van der Waals surface area contributed by atoms with Gasteiger partial charge < -0.3 is 0 Å². The number of carbonyl (C=O) groups is 1. The molecule has 2 heterocycles. The van der Waals surface area contributed by atoms with Crippen LogP contribution in [0.2, 0.25) is 0 Å². The minimum atomic E-state index is 0.126. The van der Waals surface area contributed by atoms with Crippen LogP contribution < -0.4 is 0 Å². The van der Waals surface area contributed by atoms with Crippen molar-refractivity contribution >= 4 is 61.1 Å². The maximum Gasteiger partial charge on any atom is 0.195 e. The molecule has 1 nitrogen and oxygen atoms in total. The van der Waals surface area contributed by atoms with Gasteiger partial charge in [-0.25, -0.2) is 0 Å². The molecule has 0 amide bonds. The van der Waals surface area contributed by atoms with E-state index in [1.165, 1.54) is 4.70 Å². The molecule has 3 rings (SSSR count). The van der Waals surface area contributed by atoms with E-state index in [9.17, 15) is 4.79 Å². The minimum absolute atomic E-state index is 0.126. The number of thiophene rings is 2. The summed E-state index contributed by atoms with van der Waals surface area (Å²) >= 11 is 5.47. The van der Waals surface area contributed by atoms with Gasteiger partial charge in [-0.1, -0.05) is 18.2 Å². The summed E-state index contributed by atoms with van der Waals surface area (Å²) in [5.74, 6) is 0.126. The molecule has 17 heavy (non-hydrogen) atoms. The highest BCUT2D eigenvalue weighted by Crippen LogP contribution is 2.28. The Balaban J connectivity index is 2.13. The van der Waals surface area contributed by atoms with E-state index >= 15 is 0 Å². The van der Waals surface area contributed by atoms with E-state index in [1.54, 1.807) is 22.7 Å². The van der Waals surface area contributed by atoms with Crippen molar-refractivity contribution in [1.29, 1.82) is 0 Å². The zero-order valence-corrected chi connectivity index (χ0v) is 12.4. The Bertz CT molecular complexity index is 696. The first-order valence-corrected chi connectivity index (χ1v) is 7.84. The summed E-state index contributed by atoms with van der Waals surface area (Å²) in [6.45, 7) is 0. The maximum atomic E-state index is 12.3. The first kappa shape index (κ1) is 11.4. The molecule has 0 unspecified atom stereocenters. The average Bonchev–Trinajstić information content (AvgIpc) is 2.94. The summed E-state index contributed by atoms with van der Waals surface area (Å²) in [7, 11) is 0.